The summed E-state index contributed by atoms with van der Waals surface area (Å²) in [6, 6.07) is 9.46. The smallest absolute Gasteiger partial charge is 0.306 e. The molecule has 2 amide bonds. The van der Waals surface area contributed by atoms with Crippen LogP contribution >= 0.6 is 15.9 Å². The van der Waals surface area contributed by atoms with Crippen LogP contribution in [0.15, 0.2) is 34.8 Å². The predicted molar refractivity (Wildman–Crippen MR) is 117 cm³/mol. The second-order valence-electron chi connectivity index (χ2n) is 6.99. The number of esters is 1. The lowest BCUT2D eigenvalue weighted by Gasteiger charge is -2.11. The summed E-state index contributed by atoms with van der Waals surface area (Å²) in [5.41, 5.74) is 5.32. The van der Waals surface area contributed by atoms with E-state index in [-0.39, 0.29) is 18.7 Å². The van der Waals surface area contributed by atoms with E-state index in [1.165, 1.54) is 0 Å². The first-order valence-corrected chi connectivity index (χ1v) is 10.0. The zero-order chi connectivity index (χ0) is 21.6. The molecule has 29 heavy (non-hydrogen) atoms. The largest absolute Gasteiger partial charge is 0.456 e. The van der Waals surface area contributed by atoms with Crippen molar-refractivity contribution in [2.75, 3.05) is 17.2 Å². The van der Waals surface area contributed by atoms with Crippen LogP contribution in [0.4, 0.5) is 11.4 Å². The molecule has 0 unspecified atom stereocenters. The third-order valence-corrected chi connectivity index (χ3v) is 5.21. The van der Waals surface area contributed by atoms with Crippen molar-refractivity contribution in [2.45, 2.75) is 40.5 Å². The summed E-state index contributed by atoms with van der Waals surface area (Å²) in [5, 5.41) is 5.50. The fraction of sp³-hybridized carbons (Fsp3) is 0.318. The number of rotatable bonds is 7. The third-order valence-electron chi connectivity index (χ3n) is 4.36. The first kappa shape index (κ1) is 22.6. The summed E-state index contributed by atoms with van der Waals surface area (Å²) in [6.07, 6.45) is -0.112. The summed E-state index contributed by atoms with van der Waals surface area (Å²) in [7, 11) is 0. The Bertz CT molecular complexity index is 941. The Hall–Kier alpha value is -2.67. The molecule has 0 aromatic heterocycles. The van der Waals surface area contributed by atoms with E-state index >= 15 is 0 Å². The van der Waals surface area contributed by atoms with Crippen LogP contribution in [-0.4, -0.2) is 24.4 Å². The molecule has 0 saturated carbocycles. The summed E-state index contributed by atoms with van der Waals surface area (Å²) >= 11 is 3.44. The van der Waals surface area contributed by atoms with E-state index in [9.17, 15) is 14.4 Å². The van der Waals surface area contributed by atoms with Gasteiger partial charge in [0.05, 0.1) is 6.42 Å². The van der Waals surface area contributed by atoms with Crippen LogP contribution in [0, 0.1) is 27.7 Å². The predicted octanol–water partition coefficient (Wildman–Crippen LogP) is 4.58. The van der Waals surface area contributed by atoms with Gasteiger partial charge in [-0.15, -0.1) is 0 Å². The summed E-state index contributed by atoms with van der Waals surface area (Å²) in [4.78, 5) is 35.9. The summed E-state index contributed by atoms with van der Waals surface area (Å²) in [6.45, 7) is 7.28. The Morgan fingerprint density at radius 2 is 1.48 bits per heavy atom. The van der Waals surface area contributed by atoms with Gasteiger partial charge in [-0.05, 0) is 62.6 Å². The van der Waals surface area contributed by atoms with Crippen molar-refractivity contribution in [1.29, 1.82) is 0 Å². The molecule has 0 fully saturated rings. The van der Waals surface area contributed by atoms with Gasteiger partial charge in [0.2, 0.25) is 5.91 Å². The lowest BCUT2D eigenvalue weighted by molar-refractivity contribution is -0.147. The van der Waals surface area contributed by atoms with Gasteiger partial charge in [0.1, 0.15) is 0 Å². The van der Waals surface area contributed by atoms with Gasteiger partial charge < -0.3 is 15.4 Å². The number of halogens is 1. The average molecular weight is 461 g/mol. The molecule has 0 aliphatic rings. The van der Waals surface area contributed by atoms with Crippen molar-refractivity contribution >= 4 is 45.1 Å². The molecule has 2 rings (SSSR count). The highest BCUT2D eigenvalue weighted by Gasteiger charge is 2.13. The highest BCUT2D eigenvalue weighted by molar-refractivity contribution is 9.10. The van der Waals surface area contributed by atoms with Crippen molar-refractivity contribution < 1.29 is 19.1 Å². The number of nitrogens with one attached hydrogen (secondary N) is 2. The van der Waals surface area contributed by atoms with Crippen molar-refractivity contribution in [1.82, 2.24) is 0 Å². The zero-order valence-electron chi connectivity index (χ0n) is 17.0. The van der Waals surface area contributed by atoms with Gasteiger partial charge in [0, 0.05) is 22.3 Å². The third kappa shape index (κ3) is 7.02. The van der Waals surface area contributed by atoms with E-state index in [1.54, 1.807) is 0 Å². The maximum Gasteiger partial charge on any atom is 0.306 e. The van der Waals surface area contributed by atoms with Gasteiger partial charge in [-0.25, -0.2) is 0 Å². The maximum atomic E-state index is 12.0. The number of ether oxygens (including phenoxy) is 1. The SMILES string of the molecule is Cc1ccc(NC(=O)CCC(=O)OCC(=O)Nc2cc(C)c(Br)cc2C)c(C)c1. The normalized spacial score (nSPS) is 10.4. The van der Waals surface area contributed by atoms with E-state index < -0.39 is 18.5 Å². The van der Waals surface area contributed by atoms with E-state index in [0.717, 1.165) is 26.7 Å². The van der Waals surface area contributed by atoms with Crippen molar-refractivity contribution in [2.24, 2.45) is 0 Å². The van der Waals surface area contributed by atoms with Crippen LogP contribution in [0.3, 0.4) is 0 Å². The molecule has 0 bridgehead atoms. The van der Waals surface area contributed by atoms with Gasteiger partial charge in [-0.3, -0.25) is 14.4 Å². The molecule has 0 saturated heterocycles. The monoisotopic (exact) mass is 460 g/mol. The molecule has 0 spiro atoms. The van der Waals surface area contributed by atoms with Crippen LogP contribution in [-0.2, 0) is 19.1 Å². The Kier molecular flexibility index (Phi) is 7.96. The minimum absolute atomic E-state index is 0.0151. The fourth-order valence-electron chi connectivity index (χ4n) is 2.70. The van der Waals surface area contributed by atoms with Crippen molar-refractivity contribution in [3.8, 4) is 0 Å². The number of carbonyl (C=O) groups is 3. The number of aryl methyl sites for hydroxylation is 4. The Balaban J connectivity index is 1.75. The number of carbonyl (C=O) groups excluding carboxylic acids is 3. The molecule has 154 valence electrons. The van der Waals surface area contributed by atoms with E-state index in [4.69, 9.17) is 4.74 Å². The standard InChI is InChI=1S/C22H25BrN2O4/c1-13-5-6-18(15(3)9-13)24-20(26)7-8-22(28)29-12-21(27)25-19-11-14(2)17(23)10-16(19)4/h5-6,9-11H,7-8,12H2,1-4H3,(H,24,26)(H,25,27). The summed E-state index contributed by atoms with van der Waals surface area (Å²) < 4.78 is 5.93. The molecule has 7 heteroatoms. The van der Waals surface area contributed by atoms with Gasteiger partial charge in [-0.2, -0.15) is 0 Å². The fourth-order valence-corrected chi connectivity index (χ4v) is 3.16. The molecule has 0 aliphatic carbocycles. The minimum atomic E-state index is -0.598. The van der Waals surface area contributed by atoms with Crippen LogP contribution < -0.4 is 10.6 Å². The minimum Gasteiger partial charge on any atom is -0.456 e. The van der Waals surface area contributed by atoms with Crippen LogP contribution in [0.1, 0.15) is 35.1 Å². The quantitative estimate of drug-likeness (QED) is 0.591. The molecule has 2 aromatic carbocycles. The molecule has 2 aromatic rings. The topological polar surface area (TPSA) is 84.5 Å². The molecule has 6 nitrogen and oxygen atoms in total. The van der Waals surface area contributed by atoms with E-state index in [0.29, 0.717) is 11.4 Å². The highest BCUT2D eigenvalue weighted by atomic mass is 79.9. The van der Waals surface area contributed by atoms with Gasteiger partial charge in [0.15, 0.2) is 6.61 Å². The van der Waals surface area contributed by atoms with Crippen LogP contribution in [0.2, 0.25) is 0 Å². The number of amides is 2. The van der Waals surface area contributed by atoms with Gasteiger partial charge >= 0.3 is 5.97 Å². The van der Waals surface area contributed by atoms with Crippen molar-refractivity contribution in [3.63, 3.8) is 0 Å². The number of hydrogen-bond donors (Lipinski definition) is 2. The van der Waals surface area contributed by atoms with Gasteiger partial charge in [0.25, 0.3) is 5.91 Å². The highest BCUT2D eigenvalue weighted by Crippen LogP contribution is 2.24. The number of anilines is 2. The van der Waals surface area contributed by atoms with Crippen LogP contribution in [0.25, 0.3) is 0 Å². The molecule has 2 N–H and O–H groups in total. The Morgan fingerprint density at radius 3 is 2.17 bits per heavy atom. The van der Waals surface area contributed by atoms with Crippen LogP contribution in [0.5, 0.6) is 0 Å². The molecule has 0 atom stereocenters. The zero-order valence-corrected chi connectivity index (χ0v) is 18.6. The Morgan fingerprint density at radius 1 is 0.828 bits per heavy atom. The van der Waals surface area contributed by atoms with Gasteiger partial charge in [-0.1, -0.05) is 33.6 Å². The second-order valence-corrected chi connectivity index (χ2v) is 7.85. The molecular weight excluding hydrogens is 436 g/mol. The lowest BCUT2D eigenvalue weighted by Crippen LogP contribution is -2.22. The molecule has 0 radical (unpaired) electrons. The summed E-state index contributed by atoms with van der Waals surface area (Å²) in [5.74, 6) is -1.30. The first-order chi connectivity index (χ1) is 13.7. The maximum absolute atomic E-state index is 12.0. The number of hydrogen-bond acceptors (Lipinski definition) is 4. The molecule has 0 aliphatic heterocycles. The van der Waals surface area contributed by atoms with E-state index in [2.05, 4.69) is 26.6 Å². The first-order valence-electron chi connectivity index (χ1n) is 9.25. The van der Waals surface area contributed by atoms with E-state index in [1.807, 2.05) is 58.0 Å². The van der Waals surface area contributed by atoms with Crippen molar-refractivity contribution in [3.05, 3.63) is 57.1 Å². The Labute approximate surface area is 179 Å². The lowest BCUT2D eigenvalue weighted by atomic mass is 10.1. The average Bonchev–Trinajstić information content (AvgIpc) is 2.65. The molecular formula is C22H25BrN2O4. The second kappa shape index (κ2) is 10.2. The molecule has 0 heterocycles. The number of benzene rings is 2.